The van der Waals surface area contributed by atoms with Crippen molar-refractivity contribution in [1.82, 2.24) is 19.9 Å². The number of H-pyrrole nitrogens is 1. The molecule has 154 valence electrons. The molecule has 7 nitrogen and oxygen atoms in total. The van der Waals surface area contributed by atoms with Gasteiger partial charge in [-0.1, -0.05) is 36.4 Å². The summed E-state index contributed by atoms with van der Waals surface area (Å²) in [5, 5.41) is 11.8. The standard InChI is InChI=1S/C22H23N5O2S/c1-15-20-11-17(8-9-21(20)27-26-15)18-10-19(13-23-12-18)25-22(14-24-30(2,28)29)16-6-4-3-5-7-16/h3-13,22,24-25H,14H2,1-2H3,(H,26,27)/t22-/m1/s1. The summed E-state index contributed by atoms with van der Waals surface area (Å²) in [6, 6.07) is 17.6. The largest absolute Gasteiger partial charge is 0.376 e. The molecule has 0 bridgehead atoms. The number of anilines is 1. The fourth-order valence-corrected chi connectivity index (χ4v) is 3.84. The van der Waals surface area contributed by atoms with Crippen LogP contribution in [0, 0.1) is 6.92 Å². The smallest absolute Gasteiger partial charge is 0.208 e. The second-order valence-electron chi connectivity index (χ2n) is 7.27. The number of hydrogen-bond donors (Lipinski definition) is 3. The predicted molar refractivity (Wildman–Crippen MR) is 120 cm³/mol. The topological polar surface area (TPSA) is 99.8 Å². The molecule has 4 aromatic rings. The molecule has 0 radical (unpaired) electrons. The average molecular weight is 422 g/mol. The monoisotopic (exact) mass is 421 g/mol. The van der Waals surface area contributed by atoms with E-state index in [1.807, 2.05) is 61.7 Å². The van der Waals surface area contributed by atoms with E-state index in [9.17, 15) is 8.42 Å². The Morgan fingerprint density at radius 1 is 1.03 bits per heavy atom. The van der Waals surface area contributed by atoms with Crippen molar-refractivity contribution >= 4 is 26.6 Å². The summed E-state index contributed by atoms with van der Waals surface area (Å²) in [6.45, 7) is 2.22. The first kappa shape index (κ1) is 20.1. The van der Waals surface area contributed by atoms with Crippen LogP contribution in [-0.4, -0.2) is 36.4 Å². The van der Waals surface area contributed by atoms with E-state index in [1.165, 1.54) is 0 Å². The summed E-state index contributed by atoms with van der Waals surface area (Å²) < 4.78 is 25.8. The number of aryl methyl sites for hydroxylation is 1. The van der Waals surface area contributed by atoms with Gasteiger partial charge in [0.05, 0.1) is 23.5 Å². The maximum Gasteiger partial charge on any atom is 0.208 e. The predicted octanol–water partition coefficient (Wildman–Crippen LogP) is 3.64. The van der Waals surface area contributed by atoms with Gasteiger partial charge in [-0.05, 0) is 36.2 Å². The molecule has 0 aliphatic carbocycles. The van der Waals surface area contributed by atoms with E-state index in [2.05, 4.69) is 31.3 Å². The second-order valence-corrected chi connectivity index (χ2v) is 9.10. The van der Waals surface area contributed by atoms with Gasteiger partial charge in [0.25, 0.3) is 0 Å². The minimum atomic E-state index is -3.30. The van der Waals surface area contributed by atoms with E-state index in [0.29, 0.717) is 0 Å². The highest BCUT2D eigenvalue weighted by molar-refractivity contribution is 7.88. The number of aromatic amines is 1. The van der Waals surface area contributed by atoms with Gasteiger partial charge in [0.2, 0.25) is 10.0 Å². The molecular weight excluding hydrogens is 398 g/mol. The lowest BCUT2D eigenvalue weighted by molar-refractivity contribution is 0.582. The van der Waals surface area contributed by atoms with E-state index < -0.39 is 10.0 Å². The van der Waals surface area contributed by atoms with Crippen LogP contribution in [0.3, 0.4) is 0 Å². The fraction of sp³-hybridized carbons (Fsp3) is 0.182. The van der Waals surface area contributed by atoms with Crippen LogP contribution in [0.4, 0.5) is 5.69 Å². The summed E-state index contributed by atoms with van der Waals surface area (Å²) in [5.41, 5.74) is 5.73. The van der Waals surface area contributed by atoms with Crippen LogP contribution in [0.25, 0.3) is 22.0 Å². The summed E-state index contributed by atoms with van der Waals surface area (Å²) in [4.78, 5) is 4.38. The van der Waals surface area contributed by atoms with Gasteiger partial charge in [-0.15, -0.1) is 0 Å². The van der Waals surface area contributed by atoms with Crippen LogP contribution in [-0.2, 0) is 10.0 Å². The van der Waals surface area contributed by atoms with Crippen molar-refractivity contribution in [1.29, 1.82) is 0 Å². The minimum absolute atomic E-state index is 0.229. The van der Waals surface area contributed by atoms with Crippen molar-refractivity contribution < 1.29 is 8.42 Å². The quantitative estimate of drug-likeness (QED) is 0.423. The Bertz CT molecular complexity index is 1270. The molecule has 0 amide bonds. The lowest BCUT2D eigenvalue weighted by Gasteiger charge is -2.21. The highest BCUT2D eigenvalue weighted by Gasteiger charge is 2.14. The van der Waals surface area contributed by atoms with Gasteiger partial charge in [0.15, 0.2) is 0 Å². The van der Waals surface area contributed by atoms with Gasteiger partial charge >= 0.3 is 0 Å². The molecule has 0 spiro atoms. The van der Waals surface area contributed by atoms with E-state index in [0.717, 1.165) is 45.2 Å². The first-order chi connectivity index (χ1) is 14.4. The van der Waals surface area contributed by atoms with E-state index in [1.54, 1.807) is 6.20 Å². The van der Waals surface area contributed by atoms with Crippen LogP contribution in [0.2, 0.25) is 0 Å². The molecule has 1 atom stereocenters. The Kier molecular flexibility index (Phi) is 5.52. The third-order valence-electron chi connectivity index (χ3n) is 4.91. The van der Waals surface area contributed by atoms with Gasteiger partial charge in [-0.3, -0.25) is 10.1 Å². The molecule has 0 unspecified atom stereocenters. The fourth-order valence-electron chi connectivity index (χ4n) is 3.37. The van der Waals surface area contributed by atoms with E-state index >= 15 is 0 Å². The second kappa shape index (κ2) is 8.25. The number of sulfonamides is 1. The molecule has 0 fully saturated rings. The number of pyridine rings is 1. The zero-order valence-electron chi connectivity index (χ0n) is 16.8. The first-order valence-electron chi connectivity index (χ1n) is 9.55. The molecule has 0 aliphatic heterocycles. The molecule has 3 N–H and O–H groups in total. The molecular formula is C22H23N5O2S. The normalized spacial score (nSPS) is 12.7. The van der Waals surface area contributed by atoms with Crippen molar-refractivity contribution in [3.63, 3.8) is 0 Å². The van der Waals surface area contributed by atoms with Gasteiger partial charge in [0, 0.05) is 35.6 Å². The maximum absolute atomic E-state index is 11.6. The van der Waals surface area contributed by atoms with Gasteiger partial charge in [-0.25, -0.2) is 13.1 Å². The molecule has 0 saturated carbocycles. The third-order valence-corrected chi connectivity index (χ3v) is 5.60. The molecule has 2 heterocycles. The Balaban J connectivity index is 1.63. The molecule has 2 aromatic heterocycles. The zero-order valence-corrected chi connectivity index (χ0v) is 17.6. The Morgan fingerprint density at radius 3 is 2.60 bits per heavy atom. The van der Waals surface area contributed by atoms with Crippen LogP contribution >= 0.6 is 0 Å². The summed E-state index contributed by atoms with van der Waals surface area (Å²) in [7, 11) is -3.30. The van der Waals surface area contributed by atoms with Crippen LogP contribution in [0.5, 0.6) is 0 Å². The molecule has 8 heteroatoms. The minimum Gasteiger partial charge on any atom is -0.376 e. The number of aromatic nitrogens is 3. The first-order valence-corrected chi connectivity index (χ1v) is 11.4. The SMILES string of the molecule is Cc1[nH]nc2ccc(-c3cncc(N[C@H](CNS(C)(=O)=O)c4ccccc4)c3)cc12. The molecule has 0 saturated heterocycles. The van der Waals surface area contributed by atoms with Crippen molar-refractivity contribution in [3.05, 3.63) is 78.2 Å². The molecule has 0 aliphatic rings. The number of benzene rings is 2. The number of nitrogens with zero attached hydrogens (tertiary/aromatic N) is 2. The van der Waals surface area contributed by atoms with Crippen molar-refractivity contribution in [2.24, 2.45) is 0 Å². The number of rotatable bonds is 7. The van der Waals surface area contributed by atoms with Crippen molar-refractivity contribution in [2.45, 2.75) is 13.0 Å². The summed E-state index contributed by atoms with van der Waals surface area (Å²) >= 11 is 0. The molecule has 2 aromatic carbocycles. The van der Waals surface area contributed by atoms with Gasteiger partial charge in [0.1, 0.15) is 0 Å². The lowest BCUT2D eigenvalue weighted by Crippen LogP contribution is -2.30. The average Bonchev–Trinajstić information content (AvgIpc) is 3.11. The van der Waals surface area contributed by atoms with Crippen LogP contribution in [0.1, 0.15) is 17.3 Å². The van der Waals surface area contributed by atoms with Crippen LogP contribution < -0.4 is 10.0 Å². The maximum atomic E-state index is 11.6. The zero-order chi connectivity index (χ0) is 21.1. The van der Waals surface area contributed by atoms with Crippen molar-refractivity contribution in [2.75, 3.05) is 18.1 Å². The molecule has 4 rings (SSSR count). The van der Waals surface area contributed by atoms with Crippen LogP contribution in [0.15, 0.2) is 67.0 Å². The summed E-state index contributed by atoms with van der Waals surface area (Å²) in [5.74, 6) is 0. The van der Waals surface area contributed by atoms with Gasteiger partial charge < -0.3 is 5.32 Å². The summed E-state index contributed by atoms with van der Waals surface area (Å²) in [6.07, 6.45) is 4.71. The third kappa shape index (κ3) is 4.67. The number of fused-ring (bicyclic) bond motifs is 1. The number of nitrogens with one attached hydrogen (secondary N) is 3. The molecule has 30 heavy (non-hydrogen) atoms. The van der Waals surface area contributed by atoms with Gasteiger partial charge in [-0.2, -0.15) is 5.10 Å². The lowest BCUT2D eigenvalue weighted by atomic mass is 10.0. The Hall–Kier alpha value is -3.23. The number of hydrogen-bond acceptors (Lipinski definition) is 5. The highest BCUT2D eigenvalue weighted by atomic mass is 32.2. The highest BCUT2D eigenvalue weighted by Crippen LogP contribution is 2.27. The Morgan fingerprint density at radius 2 is 1.83 bits per heavy atom. The van der Waals surface area contributed by atoms with E-state index in [4.69, 9.17) is 0 Å². The Labute approximate surface area is 175 Å². The van der Waals surface area contributed by atoms with E-state index in [-0.39, 0.29) is 12.6 Å². The van der Waals surface area contributed by atoms with Crippen molar-refractivity contribution in [3.8, 4) is 11.1 Å².